The van der Waals surface area contributed by atoms with Crippen molar-refractivity contribution in [3.63, 3.8) is 0 Å². The lowest BCUT2D eigenvalue weighted by Crippen LogP contribution is -2.39. The van der Waals surface area contributed by atoms with Crippen LogP contribution in [-0.2, 0) is 0 Å². The van der Waals surface area contributed by atoms with Crippen LogP contribution in [0.1, 0.15) is 6.42 Å². The van der Waals surface area contributed by atoms with Gasteiger partial charge in [0, 0.05) is 10.5 Å². The fourth-order valence-electron chi connectivity index (χ4n) is 2.77. The molecule has 2 rings (SSSR count). The van der Waals surface area contributed by atoms with Gasteiger partial charge >= 0.3 is 0 Å². The van der Waals surface area contributed by atoms with Gasteiger partial charge in [-0.05, 0) is 30.8 Å². The molecule has 0 N–H and O–H groups in total. The van der Waals surface area contributed by atoms with Crippen LogP contribution in [0.2, 0.25) is 0 Å². The Balaban J connectivity index is 2.16. The Labute approximate surface area is 98.5 Å². The third-order valence-corrected chi connectivity index (χ3v) is 7.24. The van der Waals surface area contributed by atoms with Crippen LogP contribution < -0.4 is 0 Å². The summed E-state index contributed by atoms with van der Waals surface area (Å²) < 4.78 is 0. The summed E-state index contributed by atoms with van der Waals surface area (Å²) in [6, 6.07) is 0. The quantitative estimate of drug-likeness (QED) is 0.696. The van der Waals surface area contributed by atoms with Crippen LogP contribution in [0.4, 0.5) is 0 Å². The molecule has 0 aliphatic heterocycles. The highest BCUT2D eigenvalue weighted by Crippen LogP contribution is 2.56. The van der Waals surface area contributed by atoms with Gasteiger partial charge in [0.1, 0.15) is 0 Å². The van der Waals surface area contributed by atoms with Gasteiger partial charge in [-0.3, -0.25) is 0 Å². The molecule has 2 aliphatic rings. The first kappa shape index (κ1) is 10.8. The van der Waals surface area contributed by atoms with E-state index in [1.807, 2.05) is 23.5 Å². The Bertz CT molecular complexity index is 178. The second-order valence-electron chi connectivity index (χ2n) is 3.85. The first-order valence-electron chi connectivity index (χ1n) is 4.54. The highest BCUT2D eigenvalue weighted by Gasteiger charge is 2.56. The first-order valence-corrected chi connectivity index (χ1v) is 7.99. The predicted octanol–water partition coefficient (Wildman–Crippen LogP) is 3.31. The van der Waals surface area contributed by atoms with Gasteiger partial charge < -0.3 is 0 Å². The zero-order valence-corrected chi connectivity index (χ0v) is 10.9. The Kier molecular flexibility index (Phi) is 3.35. The number of thioether (sulfide) groups is 2. The lowest BCUT2D eigenvalue weighted by molar-refractivity contribution is 0.519. The number of alkyl halides is 2. The number of fused-ring (bicyclic) bond motifs is 2. The van der Waals surface area contributed by atoms with Gasteiger partial charge in [-0.25, -0.2) is 0 Å². The summed E-state index contributed by atoms with van der Waals surface area (Å²) >= 11 is 16.6. The molecule has 4 heteroatoms. The summed E-state index contributed by atoms with van der Waals surface area (Å²) in [5.74, 6) is 1.31. The van der Waals surface area contributed by atoms with Gasteiger partial charge in [-0.15, -0.1) is 23.2 Å². The highest BCUT2D eigenvalue weighted by molar-refractivity contribution is 8.00. The molecule has 0 saturated heterocycles. The van der Waals surface area contributed by atoms with Gasteiger partial charge in [0.2, 0.25) is 0 Å². The summed E-state index contributed by atoms with van der Waals surface area (Å²) in [5, 5.41) is 1.90. The van der Waals surface area contributed by atoms with Gasteiger partial charge in [0.25, 0.3) is 0 Å². The Morgan fingerprint density at radius 2 is 1.38 bits per heavy atom. The molecule has 2 unspecified atom stereocenters. The monoisotopic (exact) mass is 256 g/mol. The van der Waals surface area contributed by atoms with Crippen LogP contribution in [-0.4, -0.2) is 33.8 Å². The maximum absolute atomic E-state index is 6.38. The summed E-state index contributed by atoms with van der Waals surface area (Å²) in [6.45, 7) is 0. The van der Waals surface area contributed by atoms with Gasteiger partial charge in [0.15, 0.2) is 0 Å². The molecule has 6 atom stereocenters. The molecule has 0 aromatic heterocycles. The van der Waals surface area contributed by atoms with Crippen LogP contribution in [0, 0.1) is 11.8 Å². The molecule has 2 fully saturated rings. The van der Waals surface area contributed by atoms with E-state index in [9.17, 15) is 0 Å². The second-order valence-corrected chi connectivity index (χ2v) is 6.89. The number of hydrogen-bond acceptors (Lipinski definition) is 2. The standard InChI is InChI=1S/C9H14Cl2S2/c1-12-8-5-3-4(6(8)10)7(11)9(5)13-2/h4-9H,3H2,1-2H3/t4?,5?,6-,7+,8-,9+. The molecule has 2 aliphatic carbocycles. The fourth-order valence-corrected chi connectivity index (χ4v) is 6.64. The second kappa shape index (κ2) is 4.03. The lowest BCUT2D eigenvalue weighted by Gasteiger charge is -2.34. The smallest absolute Gasteiger partial charge is 0.0500 e. The molecular weight excluding hydrogens is 243 g/mol. The summed E-state index contributed by atoms with van der Waals surface area (Å²) in [6.07, 6.45) is 5.59. The Morgan fingerprint density at radius 1 is 0.923 bits per heavy atom. The molecule has 2 saturated carbocycles. The third-order valence-electron chi connectivity index (χ3n) is 3.38. The van der Waals surface area contributed by atoms with E-state index in [2.05, 4.69) is 12.5 Å². The van der Waals surface area contributed by atoms with E-state index in [1.54, 1.807) is 0 Å². The van der Waals surface area contributed by atoms with Crippen molar-refractivity contribution in [1.82, 2.24) is 0 Å². The zero-order valence-electron chi connectivity index (χ0n) is 7.74. The first-order chi connectivity index (χ1) is 6.20. The topological polar surface area (TPSA) is 0 Å². The van der Waals surface area contributed by atoms with E-state index in [1.165, 1.54) is 6.42 Å². The maximum atomic E-state index is 6.38. The van der Waals surface area contributed by atoms with Gasteiger partial charge in [-0.2, -0.15) is 23.5 Å². The van der Waals surface area contributed by atoms with Crippen molar-refractivity contribution >= 4 is 46.7 Å². The normalized spacial score (nSPS) is 54.5. The number of halogens is 2. The molecule has 13 heavy (non-hydrogen) atoms. The average molecular weight is 257 g/mol. The Morgan fingerprint density at radius 3 is 1.69 bits per heavy atom. The minimum absolute atomic E-state index is 0.311. The summed E-state index contributed by atoms with van der Waals surface area (Å²) in [4.78, 5) is 0. The predicted molar refractivity (Wildman–Crippen MR) is 65.5 cm³/mol. The molecule has 0 radical (unpaired) electrons. The van der Waals surface area contributed by atoms with Crippen LogP contribution in [0.3, 0.4) is 0 Å². The van der Waals surface area contributed by atoms with E-state index >= 15 is 0 Å². The molecule has 0 spiro atoms. The zero-order chi connectivity index (χ0) is 9.59. The van der Waals surface area contributed by atoms with Gasteiger partial charge in [-0.1, -0.05) is 0 Å². The summed E-state index contributed by atoms with van der Waals surface area (Å²) in [5.41, 5.74) is 0. The molecular formula is C9H14Cl2S2. The van der Waals surface area contributed by atoms with Crippen LogP contribution in [0.5, 0.6) is 0 Å². The van der Waals surface area contributed by atoms with Crippen LogP contribution >= 0.6 is 46.7 Å². The van der Waals surface area contributed by atoms with Crippen molar-refractivity contribution in [2.75, 3.05) is 12.5 Å². The van der Waals surface area contributed by atoms with E-state index < -0.39 is 0 Å². The van der Waals surface area contributed by atoms with Crippen molar-refractivity contribution in [3.8, 4) is 0 Å². The van der Waals surface area contributed by atoms with E-state index in [4.69, 9.17) is 23.2 Å². The minimum atomic E-state index is 0.311. The van der Waals surface area contributed by atoms with Crippen LogP contribution in [0.15, 0.2) is 0 Å². The van der Waals surface area contributed by atoms with Crippen molar-refractivity contribution in [1.29, 1.82) is 0 Å². The summed E-state index contributed by atoms with van der Waals surface area (Å²) in [7, 11) is 0. The van der Waals surface area contributed by atoms with Crippen molar-refractivity contribution in [3.05, 3.63) is 0 Å². The molecule has 0 amide bonds. The lowest BCUT2D eigenvalue weighted by atomic mass is 9.98. The SMILES string of the molecule is CS[C@@H]1C2CC([C@H]1Cl)[C@H](Cl)[C@H]2SC. The minimum Gasteiger partial charge on any atom is -0.160 e. The Hall–Kier alpha value is 1.28. The average Bonchev–Trinajstić information content (AvgIpc) is 2.59. The van der Waals surface area contributed by atoms with Crippen molar-refractivity contribution < 1.29 is 0 Å². The number of rotatable bonds is 2. The van der Waals surface area contributed by atoms with E-state index in [-0.39, 0.29) is 0 Å². The van der Waals surface area contributed by atoms with E-state index in [0.717, 1.165) is 5.92 Å². The highest BCUT2D eigenvalue weighted by atomic mass is 35.5. The molecule has 76 valence electrons. The molecule has 0 heterocycles. The van der Waals surface area contributed by atoms with E-state index in [0.29, 0.717) is 27.2 Å². The van der Waals surface area contributed by atoms with Crippen molar-refractivity contribution in [2.24, 2.45) is 11.8 Å². The molecule has 0 aromatic rings. The maximum Gasteiger partial charge on any atom is 0.0500 e. The molecule has 0 nitrogen and oxygen atoms in total. The molecule has 0 aromatic carbocycles. The number of hydrogen-bond donors (Lipinski definition) is 0. The third kappa shape index (κ3) is 1.53. The molecule has 2 bridgehead atoms. The largest absolute Gasteiger partial charge is 0.160 e. The van der Waals surface area contributed by atoms with Crippen LogP contribution in [0.25, 0.3) is 0 Å². The van der Waals surface area contributed by atoms with Gasteiger partial charge in [0.05, 0.1) is 10.8 Å². The van der Waals surface area contributed by atoms with Crippen molar-refractivity contribution in [2.45, 2.75) is 27.7 Å². The fraction of sp³-hybridized carbons (Fsp3) is 1.00.